The summed E-state index contributed by atoms with van der Waals surface area (Å²) in [7, 11) is 2.90. The van der Waals surface area contributed by atoms with Gasteiger partial charge in [0.15, 0.2) is 17.3 Å². The van der Waals surface area contributed by atoms with E-state index in [1.807, 2.05) is 0 Å². The van der Waals surface area contributed by atoms with Crippen molar-refractivity contribution in [2.45, 2.75) is 0 Å². The molecule has 0 saturated carbocycles. The minimum absolute atomic E-state index is 0. The van der Waals surface area contributed by atoms with Crippen LogP contribution in [0.1, 0.15) is 10.4 Å². The third-order valence-corrected chi connectivity index (χ3v) is 2.56. The molecule has 0 amide bonds. The van der Waals surface area contributed by atoms with Crippen molar-refractivity contribution < 1.29 is 14.3 Å². The maximum absolute atomic E-state index is 12.1. The summed E-state index contributed by atoms with van der Waals surface area (Å²) in [6.45, 7) is 0. The molecule has 0 bridgehead atoms. The maximum Gasteiger partial charge on any atom is 0.187 e. The Bertz CT molecular complexity index is 732. The molecule has 0 aliphatic carbocycles. The molecule has 7 heteroatoms. The molecule has 0 atom stereocenters. The van der Waals surface area contributed by atoms with Crippen LogP contribution in [0.3, 0.4) is 0 Å². The molecule has 4 N–H and O–H groups in total. The van der Waals surface area contributed by atoms with Gasteiger partial charge in [0.25, 0.3) is 0 Å². The minimum atomic E-state index is -0.518. The number of rotatable bonds is 5. The lowest BCUT2D eigenvalue weighted by molar-refractivity contribution is 0.104. The van der Waals surface area contributed by atoms with Crippen LogP contribution in [0.15, 0.2) is 35.4 Å². The lowest BCUT2D eigenvalue weighted by Crippen LogP contribution is -1.99. The summed E-state index contributed by atoms with van der Waals surface area (Å²) in [5.74, 6) is 1.87. The Balaban J connectivity index is 0.00000441. The van der Waals surface area contributed by atoms with E-state index in [1.54, 1.807) is 24.1 Å². The van der Waals surface area contributed by atoms with Gasteiger partial charge in [-0.15, -0.1) is 0 Å². The Hall–Kier alpha value is -3.38. The molecule has 22 heavy (non-hydrogen) atoms. The fourth-order valence-electron chi connectivity index (χ4n) is 1.51. The zero-order valence-electron chi connectivity index (χ0n) is 12.4. The van der Waals surface area contributed by atoms with Gasteiger partial charge in [0, 0.05) is 11.6 Å². The predicted molar refractivity (Wildman–Crippen MR) is 81.0 cm³/mol. The summed E-state index contributed by atoms with van der Waals surface area (Å²) >= 11 is 0. The van der Waals surface area contributed by atoms with E-state index in [0.717, 1.165) is 6.08 Å². The summed E-state index contributed by atoms with van der Waals surface area (Å²) in [6.07, 6.45) is 0.947. The average Bonchev–Trinajstić information content (AvgIpc) is 2.53. The smallest absolute Gasteiger partial charge is 0.187 e. The number of methoxy groups -OCH3 is 2. The predicted octanol–water partition coefficient (Wildman–Crippen LogP) is 2.40. The SMILES string of the molecule is COc1ccc(C(=O)C=C(C#N)C(=C=[N-])C#N)cc1OC.[NH4+]. The summed E-state index contributed by atoms with van der Waals surface area (Å²) in [4.78, 5) is 12.1. The molecule has 0 fully saturated rings. The molecule has 0 aliphatic heterocycles. The third-order valence-electron chi connectivity index (χ3n) is 2.56. The fourth-order valence-corrected chi connectivity index (χ4v) is 1.51. The van der Waals surface area contributed by atoms with Gasteiger partial charge in [-0.2, -0.15) is 10.5 Å². The number of allylic oxidation sites excluding steroid dienone is 3. The van der Waals surface area contributed by atoms with E-state index in [9.17, 15) is 4.79 Å². The van der Waals surface area contributed by atoms with Crippen LogP contribution in [-0.2, 0) is 0 Å². The Labute approximate surface area is 127 Å². The highest BCUT2D eigenvalue weighted by Crippen LogP contribution is 2.28. The Kier molecular flexibility index (Phi) is 7.38. The monoisotopic (exact) mass is 298 g/mol. The molecule has 0 radical (unpaired) electrons. The average molecular weight is 298 g/mol. The largest absolute Gasteiger partial charge is 0.762 e. The number of carbonyl (C=O) groups is 1. The minimum Gasteiger partial charge on any atom is -0.762 e. The first-order valence-corrected chi connectivity index (χ1v) is 5.67. The molecule has 0 unspecified atom stereocenters. The molecule has 7 nitrogen and oxygen atoms in total. The van der Waals surface area contributed by atoms with Crippen molar-refractivity contribution in [2.75, 3.05) is 14.2 Å². The maximum atomic E-state index is 12.1. The summed E-state index contributed by atoms with van der Waals surface area (Å²) in [6, 6.07) is 7.72. The van der Waals surface area contributed by atoms with Gasteiger partial charge in [-0.1, -0.05) is 0 Å². The van der Waals surface area contributed by atoms with Crippen LogP contribution in [0.25, 0.3) is 5.41 Å². The standard InChI is InChI=1S/C15H10N3O3.H3N/c1-20-14-4-3-10(6-15(14)21-2)13(19)5-11(7-16)12(8-17)9-18;/h3-6H,1-2H3;1H3/q-1;/p+1. The van der Waals surface area contributed by atoms with Gasteiger partial charge in [-0.05, 0) is 18.2 Å². The molecule has 0 heterocycles. The first-order valence-electron chi connectivity index (χ1n) is 5.67. The Morgan fingerprint density at radius 2 is 1.82 bits per heavy atom. The van der Waals surface area contributed by atoms with Crippen LogP contribution in [0.4, 0.5) is 0 Å². The van der Waals surface area contributed by atoms with E-state index in [2.05, 4.69) is 0 Å². The van der Waals surface area contributed by atoms with E-state index >= 15 is 0 Å². The molecule has 1 rings (SSSR count). The molecule has 1 aromatic rings. The fraction of sp³-hybridized carbons (Fsp3) is 0.133. The second kappa shape index (κ2) is 8.72. The lowest BCUT2D eigenvalue weighted by Gasteiger charge is -2.08. The van der Waals surface area contributed by atoms with Crippen molar-refractivity contribution in [3.05, 3.63) is 46.4 Å². The first kappa shape index (κ1) is 18.6. The summed E-state index contributed by atoms with van der Waals surface area (Å²) in [5, 5.41) is 26.3. The van der Waals surface area contributed by atoms with Gasteiger partial charge in [-0.3, -0.25) is 4.79 Å². The summed E-state index contributed by atoms with van der Waals surface area (Å²) < 4.78 is 10.1. The van der Waals surface area contributed by atoms with Gasteiger partial charge in [0.2, 0.25) is 0 Å². The number of nitrogens with zero attached hydrogens (tertiary/aromatic N) is 3. The second-order valence-electron chi connectivity index (χ2n) is 3.70. The van der Waals surface area contributed by atoms with Crippen LogP contribution in [0.2, 0.25) is 0 Å². The normalized spacial score (nSPS) is 9.36. The number of hydrogen-bond donors (Lipinski definition) is 1. The number of ether oxygens (including phenoxy) is 2. The molecule has 0 saturated heterocycles. The molecule has 0 aliphatic rings. The highest BCUT2D eigenvalue weighted by atomic mass is 16.5. The van der Waals surface area contributed by atoms with Crippen molar-refractivity contribution in [1.29, 1.82) is 10.5 Å². The number of carbonyl (C=O) groups excluding carboxylic acids is 1. The van der Waals surface area contributed by atoms with Gasteiger partial charge >= 0.3 is 0 Å². The lowest BCUT2D eigenvalue weighted by atomic mass is 10.0. The van der Waals surface area contributed by atoms with Gasteiger partial charge in [-0.25, -0.2) is 5.87 Å². The Morgan fingerprint density at radius 3 is 2.27 bits per heavy atom. The second-order valence-corrected chi connectivity index (χ2v) is 3.70. The quantitative estimate of drug-likeness (QED) is 0.292. The number of hydrogen-bond acceptors (Lipinski definition) is 5. The zero-order chi connectivity index (χ0) is 15.8. The van der Waals surface area contributed by atoms with E-state index < -0.39 is 11.4 Å². The van der Waals surface area contributed by atoms with Crippen LogP contribution < -0.4 is 15.6 Å². The number of quaternary nitrogens is 1. The molecule has 0 aromatic heterocycles. The molecule has 0 spiro atoms. The van der Waals surface area contributed by atoms with Crippen LogP contribution >= 0.6 is 0 Å². The first-order chi connectivity index (χ1) is 10.1. The number of benzene rings is 1. The van der Waals surface area contributed by atoms with Crippen molar-refractivity contribution in [3.63, 3.8) is 0 Å². The highest BCUT2D eigenvalue weighted by molar-refractivity contribution is 6.06. The van der Waals surface area contributed by atoms with E-state index in [1.165, 1.54) is 26.4 Å². The molecular weight excluding hydrogens is 284 g/mol. The molecular formula is C15H14N4O3. The topological polar surface area (TPSA) is 142 Å². The summed E-state index contributed by atoms with van der Waals surface area (Å²) in [5.41, 5.74) is -0.443. The highest BCUT2D eigenvalue weighted by Gasteiger charge is 2.11. The van der Waals surface area contributed by atoms with Crippen LogP contribution in [-0.4, -0.2) is 25.9 Å². The van der Waals surface area contributed by atoms with Crippen molar-refractivity contribution >= 4 is 11.7 Å². The van der Waals surface area contributed by atoms with Crippen molar-refractivity contribution in [1.82, 2.24) is 6.15 Å². The van der Waals surface area contributed by atoms with Gasteiger partial charge < -0.3 is 21.0 Å². The third kappa shape index (κ3) is 4.06. The van der Waals surface area contributed by atoms with E-state index in [-0.39, 0.29) is 17.3 Å². The van der Waals surface area contributed by atoms with Crippen molar-refractivity contribution in [3.8, 4) is 23.6 Å². The number of ketones is 1. The molecule has 1 aromatic carbocycles. The van der Waals surface area contributed by atoms with Gasteiger partial charge in [0.05, 0.1) is 25.4 Å². The van der Waals surface area contributed by atoms with E-state index in [0.29, 0.717) is 11.5 Å². The molecule has 112 valence electrons. The van der Waals surface area contributed by atoms with Crippen LogP contribution in [0.5, 0.6) is 11.5 Å². The zero-order valence-corrected chi connectivity index (χ0v) is 12.4. The van der Waals surface area contributed by atoms with Gasteiger partial charge in [0.1, 0.15) is 12.1 Å². The van der Waals surface area contributed by atoms with Crippen molar-refractivity contribution in [2.24, 2.45) is 0 Å². The number of nitriles is 2. The van der Waals surface area contributed by atoms with Crippen LogP contribution in [0, 0.1) is 22.7 Å². The Morgan fingerprint density at radius 1 is 1.18 bits per heavy atom. The van der Waals surface area contributed by atoms with E-state index in [4.69, 9.17) is 25.4 Å².